The molecule has 0 unspecified atom stereocenters. The number of benzene rings is 2. The van der Waals surface area contributed by atoms with E-state index in [2.05, 4.69) is 33.0 Å². The summed E-state index contributed by atoms with van der Waals surface area (Å²) in [7, 11) is 1.93. The third-order valence-electron chi connectivity index (χ3n) is 4.39. The van der Waals surface area contributed by atoms with Gasteiger partial charge >= 0.3 is 0 Å². The summed E-state index contributed by atoms with van der Waals surface area (Å²) in [6, 6.07) is 19.6. The van der Waals surface area contributed by atoms with Gasteiger partial charge in [-0.3, -0.25) is 4.79 Å². The van der Waals surface area contributed by atoms with Gasteiger partial charge in [-0.25, -0.2) is 4.98 Å². The fourth-order valence-electron chi connectivity index (χ4n) is 2.79. The Morgan fingerprint density at radius 1 is 1.03 bits per heavy atom. The third kappa shape index (κ3) is 5.96. The molecule has 0 bridgehead atoms. The minimum Gasteiger partial charge on any atom is -0.325 e. The lowest BCUT2D eigenvalue weighted by atomic mass is 10.2. The summed E-state index contributed by atoms with van der Waals surface area (Å²) in [6.07, 6.45) is 0. The van der Waals surface area contributed by atoms with Gasteiger partial charge in [0.2, 0.25) is 5.91 Å². The van der Waals surface area contributed by atoms with Gasteiger partial charge in [0.15, 0.2) is 5.16 Å². The molecule has 0 aliphatic heterocycles. The number of thiazole rings is 1. The number of anilines is 1. The van der Waals surface area contributed by atoms with E-state index in [0.29, 0.717) is 0 Å². The van der Waals surface area contributed by atoms with E-state index in [9.17, 15) is 4.79 Å². The fraction of sp³-hybridized carbons (Fsp3) is 0.182. The molecule has 1 amide bonds. The van der Waals surface area contributed by atoms with Gasteiger partial charge in [-0.1, -0.05) is 60.3 Å². The summed E-state index contributed by atoms with van der Waals surface area (Å²) >= 11 is 4.82. The Labute approximate surface area is 193 Å². The van der Waals surface area contributed by atoms with Crippen LogP contribution >= 0.6 is 34.9 Å². The molecule has 0 radical (unpaired) electrons. The zero-order valence-corrected chi connectivity index (χ0v) is 19.3. The number of amides is 1. The zero-order valence-electron chi connectivity index (χ0n) is 16.9. The van der Waals surface area contributed by atoms with Gasteiger partial charge in [-0.05, 0) is 12.1 Å². The highest BCUT2D eigenvalue weighted by molar-refractivity contribution is 7.99. The molecule has 9 heteroatoms. The Balaban J connectivity index is 1.25. The molecule has 2 heterocycles. The molecule has 4 rings (SSSR count). The first-order valence-corrected chi connectivity index (χ1v) is 12.6. The van der Waals surface area contributed by atoms with Crippen LogP contribution < -0.4 is 5.32 Å². The van der Waals surface area contributed by atoms with Crippen molar-refractivity contribution in [2.75, 3.05) is 11.1 Å². The van der Waals surface area contributed by atoms with E-state index in [4.69, 9.17) is 4.98 Å². The van der Waals surface area contributed by atoms with Crippen LogP contribution in [0.4, 0.5) is 5.69 Å². The Bertz CT molecular complexity index is 1130. The maximum atomic E-state index is 12.1. The number of aromatic nitrogens is 4. The molecule has 0 aliphatic carbocycles. The van der Waals surface area contributed by atoms with Crippen molar-refractivity contribution in [2.45, 2.75) is 16.7 Å². The minimum absolute atomic E-state index is 0.0619. The zero-order chi connectivity index (χ0) is 21.5. The van der Waals surface area contributed by atoms with Crippen LogP contribution in [0.1, 0.15) is 10.8 Å². The maximum Gasteiger partial charge on any atom is 0.234 e. The molecule has 158 valence electrons. The van der Waals surface area contributed by atoms with Gasteiger partial charge in [-0.2, -0.15) is 0 Å². The van der Waals surface area contributed by atoms with Crippen LogP contribution in [0.5, 0.6) is 0 Å². The highest BCUT2D eigenvalue weighted by atomic mass is 32.2. The SMILES string of the molecule is Cn1c(CSCc2nc(-c3ccccc3)cs2)nnc1SCC(=O)Nc1ccccc1. The Kier molecular flexibility index (Phi) is 7.39. The van der Waals surface area contributed by atoms with E-state index < -0.39 is 0 Å². The molecule has 0 fully saturated rings. The first-order chi connectivity index (χ1) is 15.2. The summed E-state index contributed by atoms with van der Waals surface area (Å²) in [5.74, 6) is 2.67. The van der Waals surface area contributed by atoms with E-state index in [1.165, 1.54) is 11.8 Å². The van der Waals surface area contributed by atoms with Gasteiger partial charge in [0.05, 0.1) is 17.2 Å². The average Bonchev–Trinajstić information content (AvgIpc) is 3.41. The molecule has 0 saturated carbocycles. The third-order valence-corrected chi connectivity index (χ3v) is 7.38. The van der Waals surface area contributed by atoms with Crippen LogP contribution in [0.3, 0.4) is 0 Å². The van der Waals surface area contributed by atoms with E-state index in [1.807, 2.05) is 60.1 Å². The number of hydrogen-bond donors (Lipinski definition) is 1. The Hall–Kier alpha value is -2.62. The highest BCUT2D eigenvalue weighted by Gasteiger charge is 2.12. The molecule has 6 nitrogen and oxygen atoms in total. The van der Waals surface area contributed by atoms with Crippen molar-refractivity contribution in [1.82, 2.24) is 19.7 Å². The number of thioether (sulfide) groups is 2. The lowest BCUT2D eigenvalue weighted by Gasteiger charge is -2.05. The van der Waals surface area contributed by atoms with Gasteiger partial charge in [0.25, 0.3) is 0 Å². The second kappa shape index (κ2) is 10.6. The van der Waals surface area contributed by atoms with Crippen LogP contribution in [0, 0.1) is 0 Å². The van der Waals surface area contributed by atoms with E-state index >= 15 is 0 Å². The summed E-state index contributed by atoms with van der Waals surface area (Å²) in [6.45, 7) is 0. The van der Waals surface area contributed by atoms with E-state index in [0.717, 1.165) is 44.4 Å². The van der Waals surface area contributed by atoms with Crippen molar-refractivity contribution in [3.63, 3.8) is 0 Å². The van der Waals surface area contributed by atoms with Crippen molar-refractivity contribution in [2.24, 2.45) is 7.05 Å². The normalized spacial score (nSPS) is 10.9. The highest BCUT2D eigenvalue weighted by Crippen LogP contribution is 2.26. The molecule has 4 aromatic rings. The molecule has 2 aromatic carbocycles. The van der Waals surface area contributed by atoms with Crippen LogP contribution in [0.25, 0.3) is 11.3 Å². The lowest BCUT2D eigenvalue weighted by molar-refractivity contribution is -0.113. The lowest BCUT2D eigenvalue weighted by Crippen LogP contribution is -2.14. The largest absolute Gasteiger partial charge is 0.325 e. The number of para-hydroxylation sites is 1. The topological polar surface area (TPSA) is 72.7 Å². The van der Waals surface area contributed by atoms with Crippen molar-refractivity contribution in [3.05, 3.63) is 76.9 Å². The molecule has 2 aromatic heterocycles. The van der Waals surface area contributed by atoms with Gasteiger partial charge in [0.1, 0.15) is 10.8 Å². The molecule has 0 aliphatic rings. The Morgan fingerprint density at radius 2 is 1.77 bits per heavy atom. The summed E-state index contributed by atoms with van der Waals surface area (Å²) in [5, 5.41) is 15.3. The molecule has 1 N–H and O–H groups in total. The number of carbonyl (C=O) groups excluding carboxylic acids is 1. The first-order valence-electron chi connectivity index (χ1n) is 9.62. The second-order valence-electron chi connectivity index (χ2n) is 6.65. The smallest absolute Gasteiger partial charge is 0.234 e. The molecular formula is C22H21N5OS3. The second-order valence-corrected chi connectivity index (χ2v) is 9.52. The maximum absolute atomic E-state index is 12.1. The molecule has 0 spiro atoms. The van der Waals surface area contributed by atoms with E-state index in [1.54, 1.807) is 23.1 Å². The quantitative estimate of drug-likeness (QED) is 0.345. The van der Waals surface area contributed by atoms with Crippen molar-refractivity contribution in [1.29, 1.82) is 0 Å². The fourth-order valence-corrected chi connectivity index (χ4v) is 5.41. The van der Waals surface area contributed by atoms with Crippen LogP contribution in [0.15, 0.2) is 71.2 Å². The molecule has 0 saturated heterocycles. The summed E-state index contributed by atoms with van der Waals surface area (Å²) < 4.78 is 1.95. The van der Waals surface area contributed by atoms with E-state index in [-0.39, 0.29) is 11.7 Å². The minimum atomic E-state index is -0.0619. The van der Waals surface area contributed by atoms with Gasteiger partial charge < -0.3 is 9.88 Å². The van der Waals surface area contributed by atoms with Crippen molar-refractivity contribution < 1.29 is 4.79 Å². The first kappa shape index (κ1) is 21.6. The van der Waals surface area contributed by atoms with Gasteiger partial charge in [0, 0.05) is 29.4 Å². The predicted molar refractivity (Wildman–Crippen MR) is 129 cm³/mol. The van der Waals surface area contributed by atoms with Crippen LogP contribution in [0.2, 0.25) is 0 Å². The summed E-state index contributed by atoms with van der Waals surface area (Å²) in [5.41, 5.74) is 2.95. The molecule has 0 atom stereocenters. The number of hydrogen-bond acceptors (Lipinski definition) is 7. The standard InChI is InChI=1S/C22H21N5OS3/c1-27-19(13-29-15-21-24-18(12-30-21)16-8-4-2-5-9-16)25-26-22(27)31-14-20(28)23-17-10-6-3-7-11-17/h2-12H,13-15H2,1H3,(H,23,28). The van der Waals surface area contributed by atoms with Crippen molar-refractivity contribution >= 4 is 46.5 Å². The number of nitrogens with zero attached hydrogens (tertiary/aromatic N) is 4. The predicted octanol–water partition coefficient (Wildman–Crippen LogP) is 5.10. The number of rotatable bonds is 9. The number of nitrogens with one attached hydrogen (secondary N) is 1. The molecular weight excluding hydrogens is 446 g/mol. The van der Waals surface area contributed by atoms with Crippen molar-refractivity contribution in [3.8, 4) is 11.3 Å². The number of carbonyl (C=O) groups is 1. The average molecular weight is 468 g/mol. The molecule has 31 heavy (non-hydrogen) atoms. The Morgan fingerprint density at radius 3 is 2.55 bits per heavy atom. The summed E-state index contributed by atoms with van der Waals surface area (Å²) in [4.78, 5) is 16.9. The van der Waals surface area contributed by atoms with Crippen LogP contribution in [-0.4, -0.2) is 31.4 Å². The van der Waals surface area contributed by atoms with Gasteiger partial charge in [-0.15, -0.1) is 33.3 Å². The van der Waals surface area contributed by atoms with Crippen LogP contribution in [-0.2, 0) is 23.3 Å². The monoisotopic (exact) mass is 467 g/mol.